The number of pyridine rings is 1. The molecule has 0 amide bonds. The van der Waals surface area contributed by atoms with Gasteiger partial charge in [0.25, 0.3) is 0 Å². The van der Waals surface area contributed by atoms with Crippen LogP contribution in [0.3, 0.4) is 0 Å². The van der Waals surface area contributed by atoms with E-state index >= 15 is 0 Å². The molecule has 0 saturated heterocycles. The summed E-state index contributed by atoms with van der Waals surface area (Å²) in [7, 11) is 0. The van der Waals surface area contributed by atoms with Crippen LogP contribution in [0, 0.1) is 25.2 Å². The molecule has 5 heteroatoms. The van der Waals surface area contributed by atoms with E-state index in [9.17, 15) is 0 Å². The van der Waals surface area contributed by atoms with Crippen molar-refractivity contribution in [3.8, 4) is 11.8 Å². The molecule has 1 N–H and O–H groups in total. The third kappa shape index (κ3) is 2.54. The zero-order chi connectivity index (χ0) is 15.5. The lowest BCUT2D eigenvalue weighted by atomic mass is 10.3. The monoisotopic (exact) mass is 289 g/mol. The lowest BCUT2D eigenvalue weighted by Gasteiger charge is -2.07. The number of nitrogens with zero attached hydrogens (tertiary/aromatic N) is 4. The van der Waals surface area contributed by atoms with E-state index in [2.05, 4.69) is 15.4 Å². The summed E-state index contributed by atoms with van der Waals surface area (Å²) in [6.45, 7) is 3.95. The summed E-state index contributed by atoms with van der Waals surface area (Å²) in [4.78, 5) is 4.24. The van der Waals surface area contributed by atoms with Gasteiger partial charge in [0.15, 0.2) is 0 Å². The van der Waals surface area contributed by atoms with E-state index in [1.165, 1.54) is 0 Å². The molecule has 0 aliphatic heterocycles. The number of benzene rings is 1. The number of rotatable bonds is 3. The van der Waals surface area contributed by atoms with E-state index in [-0.39, 0.29) is 0 Å². The van der Waals surface area contributed by atoms with Gasteiger partial charge in [0.1, 0.15) is 17.6 Å². The Morgan fingerprint density at radius 3 is 2.55 bits per heavy atom. The Hall–Kier alpha value is -3.13. The largest absolute Gasteiger partial charge is 0.337 e. The molecule has 0 bridgehead atoms. The number of para-hydroxylation sites is 1. The summed E-state index contributed by atoms with van der Waals surface area (Å²) in [5.74, 6) is 0.637. The number of aryl methyl sites for hydroxylation is 1. The zero-order valence-corrected chi connectivity index (χ0v) is 12.4. The molecule has 0 radical (unpaired) electrons. The molecular formula is C17H15N5. The van der Waals surface area contributed by atoms with Gasteiger partial charge < -0.3 is 5.32 Å². The molecule has 3 rings (SSSR count). The van der Waals surface area contributed by atoms with E-state index in [1.807, 2.05) is 61.0 Å². The van der Waals surface area contributed by atoms with Crippen LogP contribution in [0.1, 0.15) is 17.1 Å². The number of nitriles is 1. The van der Waals surface area contributed by atoms with Crippen LogP contribution in [0.2, 0.25) is 0 Å². The highest BCUT2D eigenvalue weighted by atomic mass is 15.3. The van der Waals surface area contributed by atoms with Crippen molar-refractivity contribution in [2.45, 2.75) is 13.8 Å². The molecular weight excluding hydrogens is 274 g/mol. The zero-order valence-electron chi connectivity index (χ0n) is 12.4. The average molecular weight is 289 g/mol. The van der Waals surface area contributed by atoms with Gasteiger partial charge in [-0.05, 0) is 38.1 Å². The molecule has 108 valence electrons. The minimum Gasteiger partial charge on any atom is -0.337 e. The summed E-state index contributed by atoms with van der Waals surface area (Å²) < 4.78 is 1.89. The molecule has 0 aliphatic carbocycles. The molecule has 2 aromatic heterocycles. The van der Waals surface area contributed by atoms with Gasteiger partial charge in [0, 0.05) is 0 Å². The second kappa shape index (κ2) is 5.70. The predicted octanol–water partition coefficient (Wildman–Crippen LogP) is 3.50. The van der Waals surface area contributed by atoms with Crippen molar-refractivity contribution < 1.29 is 0 Å². The van der Waals surface area contributed by atoms with Crippen molar-refractivity contribution in [3.63, 3.8) is 0 Å². The molecule has 1 aromatic carbocycles. The molecule has 0 aliphatic rings. The molecule has 0 atom stereocenters. The first-order valence-corrected chi connectivity index (χ1v) is 6.95. The average Bonchev–Trinajstić information content (AvgIpc) is 2.84. The maximum Gasteiger partial charge on any atom is 0.142 e. The molecule has 0 saturated carbocycles. The van der Waals surface area contributed by atoms with Crippen molar-refractivity contribution in [1.29, 1.82) is 5.26 Å². The Morgan fingerprint density at radius 1 is 1.05 bits per heavy atom. The molecule has 0 fully saturated rings. The Labute approximate surface area is 128 Å². The second-order valence-electron chi connectivity index (χ2n) is 4.94. The lowest BCUT2D eigenvalue weighted by Crippen LogP contribution is -2.00. The fourth-order valence-corrected chi connectivity index (χ4v) is 2.34. The van der Waals surface area contributed by atoms with Gasteiger partial charge in [0.2, 0.25) is 0 Å². The number of aromatic nitrogens is 3. The van der Waals surface area contributed by atoms with Crippen LogP contribution in [-0.4, -0.2) is 14.8 Å². The fourth-order valence-electron chi connectivity index (χ4n) is 2.34. The summed E-state index contributed by atoms with van der Waals surface area (Å²) in [6.07, 6.45) is 0. The smallest absolute Gasteiger partial charge is 0.142 e. The molecule has 0 unspecified atom stereocenters. The summed E-state index contributed by atoms with van der Waals surface area (Å²) in [5.41, 5.74) is 4.18. The van der Waals surface area contributed by atoms with Gasteiger partial charge in [-0.25, -0.2) is 9.67 Å². The third-order valence-electron chi connectivity index (χ3n) is 3.41. The highest BCUT2D eigenvalue weighted by Gasteiger charge is 2.13. The molecule has 22 heavy (non-hydrogen) atoms. The summed E-state index contributed by atoms with van der Waals surface area (Å²) >= 11 is 0. The Bertz CT molecular complexity index is 843. The van der Waals surface area contributed by atoms with E-state index < -0.39 is 0 Å². The van der Waals surface area contributed by atoms with Crippen molar-refractivity contribution >= 4 is 11.5 Å². The maximum absolute atomic E-state index is 8.93. The first-order valence-electron chi connectivity index (χ1n) is 6.95. The summed E-state index contributed by atoms with van der Waals surface area (Å²) in [5, 5.41) is 16.8. The number of nitrogens with one attached hydrogen (secondary N) is 1. The normalized spacial score (nSPS) is 10.2. The minimum atomic E-state index is 0.385. The van der Waals surface area contributed by atoms with Crippen LogP contribution in [0.25, 0.3) is 5.69 Å². The Balaban J connectivity index is 1.98. The van der Waals surface area contributed by atoms with Crippen LogP contribution in [-0.2, 0) is 0 Å². The van der Waals surface area contributed by atoms with Crippen LogP contribution in [0.4, 0.5) is 11.5 Å². The number of hydrogen-bond donors (Lipinski definition) is 1. The van der Waals surface area contributed by atoms with E-state index in [1.54, 1.807) is 12.1 Å². The van der Waals surface area contributed by atoms with Crippen molar-refractivity contribution in [1.82, 2.24) is 14.8 Å². The highest BCUT2D eigenvalue weighted by molar-refractivity contribution is 5.63. The van der Waals surface area contributed by atoms with Crippen molar-refractivity contribution in [2.75, 3.05) is 5.32 Å². The second-order valence-corrected chi connectivity index (χ2v) is 4.94. The van der Waals surface area contributed by atoms with Crippen LogP contribution in [0.5, 0.6) is 0 Å². The van der Waals surface area contributed by atoms with Crippen molar-refractivity contribution in [3.05, 3.63) is 65.6 Å². The van der Waals surface area contributed by atoms with E-state index in [0.29, 0.717) is 11.5 Å². The first-order chi connectivity index (χ1) is 10.7. The van der Waals surface area contributed by atoms with Gasteiger partial charge in [0.05, 0.1) is 22.8 Å². The third-order valence-corrected chi connectivity index (χ3v) is 3.41. The lowest BCUT2D eigenvalue weighted by molar-refractivity contribution is 0.834. The molecule has 0 spiro atoms. The summed E-state index contributed by atoms with van der Waals surface area (Å²) in [6, 6.07) is 17.3. The SMILES string of the molecule is Cc1nn(-c2ccccc2)c(C)c1Nc1cccc(C#N)n1. The van der Waals surface area contributed by atoms with E-state index in [0.717, 1.165) is 22.8 Å². The van der Waals surface area contributed by atoms with Gasteiger partial charge in [-0.2, -0.15) is 10.4 Å². The van der Waals surface area contributed by atoms with Crippen molar-refractivity contribution in [2.24, 2.45) is 0 Å². The van der Waals surface area contributed by atoms with Crippen LogP contribution < -0.4 is 5.32 Å². The minimum absolute atomic E-state index is 0.385. The van der Waals surface area contributed by atoms with Gasteiger partial charge in [-0.1, -0.05) is 24.3 Å². The molecule has 5 nitrogen and oxygen atoms in total. The van der Waals surface area contributed by atoms with Crippen LogP contribution >= 0.6 is 0 Å². The van der Waals surface area contributed by atoms with Gasteiger partial charge in [-0.15, -0.1) is 0 Å². The standard InChI is InChI=1S/C17H15N5/c1-12-17(20-16-10-6-7-14(11-18)19-16)13(2)22(21-12)15-8-4-3-5-9-15/h3-10H,1-2H3,(H,19,20). The van der Waals surface area contributed by atoms with E-state index in [4.69, 9.17) is 5.26 Å². The highest BCUT2D eigenvalue weighted by Crippen LogP contribution is 2.25. The topological polar surface area (TPSA) is 66.5 Å². The Kier molecular flexibility index (Phi) is 3.58. The predicted molar refractivity (Wildman–Crippen MR) is 85.3 cm³/mol. The molecule has 2 heterocycles. The first kappa shape index (κ1) is 13.8. The quantitative estimate of drug-likeness (QED) is 0.801. The maximum atomic E-state index is 8.93. The number of hydrogen-bond acceptors (Lipinski definition) is 4. The van der Waals surface area contributed by atoms with Crippen LogP contribution in [0.15, 0.2) is 48.5 Å². The molecule has 3 aromatic rings. The Morgan fingerprint density at radius 2 is 1.82 bits per heavy atom. The number of anilines is 2. The van der Waals surface area contributed by atoms with Gasteiger partial charge >= 0.3 is 0 Å². The van der Waals surface area contributed by atoms with Gasteiger partial charge in [-0.3, -0.25) is 0 Å². The fraction of sp³-hybridized carbons (Fsp3) is 0.118.